The van der Waals surface area contributed by atoms with E-state index in [4.69, 9.17) is 9.47 Å². The lowest BCUT2D eigenvalue weighted by atomic mass is 10.1. The normalized spacial score (nSPS) is 36.5. The lowest BCUT2D eigenvalue weighted by molar-refractivity contribution is -0.148. The van der Waals surface area contributed by atoms with Gasteiger partial charge in [0, 0.05) is 6.61 Å². The van der Waals surface area contributed by atoms with E-state index in [1.165, 1.54) is 6.42 Å². The molecule has 1 saturated carbocycles. The molecule has 0 spiro atoms. The van der Waals surface area contributed by atoms with Crippen molar-refractivity contribution in [3.63, 3.8) is 0 Å². The molecule has 0 amide bonds. The Morgan fingerprint density at radius 1 is 1.69 bits per heavy atom. The topological polar surface area (TPSA) is 35.5 Å². The second kappa shape index (κ2) is 3.29. The number of esters is 1. The second-order valence-corrected chi connectivity index (χ2v) is 3.94. The molecular weight excluding hydrogens is 168 g/mol. The van der Waals surface area contributed by atoms with Crippen LogP contribution in [0.15, 0.2) is 0 Å². The molecule has 3 nitrogen and oxygen atoms in total. The Hall–Kier alpha value is -0.570. The first kappa shape index (κ1) is 9.00. The molecule has 1 saturated heterocycles. The van der Waals surface area contributed by atoms with Crippen LogP contribution in [0.3, 0.4) is 0 Å². The van der Waals surface area contributed by atoms with Crippen LogP contribution in [0.4, 0.5) is 0 Å². The van der Waals surface area contributed by atoms with Crippen molar-refractivity contribution < 1.29 is 14.3 Å². The van der Waals surface area contributed by atoms with Crippen LogP contribution in [-0.4, -0.2) is 24.8 Å². The number of carbonyl (C=O) groups excluding carboxylic acids is 1. The first-order valence-electron chi connectivity index (χ1n) is 5.06. The van der Waals surface area contributed by atoms with Gasteiger partial charge in [-0.05, 0) is 32.1 Å². The molecule has 1 heterocycles. The van der Waals surface area contributed by atoms with Gasteiger partial charge in [-0.25, -0.2) is 0 Å². The summed E-state index contributed by atoms with van der Waals surface area (Å²) in [5.74, 6) is 0.526. The third kappa shape index (κ3) is 1.70. The molecule has 2 unspecified atom stereocenters. The fraction of sp³-hybridized carbons (Fsp3) is 0.900. The molecule has 13 heavy (non-hydrogen) atoms. The van der Waals surface area contributed by atoms with Crippen LogP contribution in [0.5, 0.6) is 0 Å². The Kier molecular flexibility index (Phi) is 2.28. The van der Waals surface area contributed by atoms with Gasteiger partial charge in [0.1, 0.15) is 0 Å². The first-order valence-corrected chi connectivity index (χ1v) is 5.06. The molecule has 0 aromatic rings. The smallest absolute Gasteiger partial charge is 0.308 e. The Balaban J connectivity index is 1.84. The van der Waals surface area contributed by atoms with Gasteiger partial charge in [-0.1, -0.05) is 0 Å². The summed E-state index contributed by atoms with van der Waals surface area (Å²) in [7, 11) is 0. The van der Waals surface area contributed by atoms with Gasteiger partial charge in [-0.15, -0.1) is 0 Å². The summed E-state index contributed by atoms with van der Waals surface area (Å²) < 4.78 is 10.6. The number of rotatable bonds is 3. The van der Waals surface area contributed by atoms with Crippen LogP contribution in [0.25, 0.3) is 0 Å². The van der Waals surface area contributed by atoms with Crippen molar-refractivity contribution in [2.24, 2.45) is 5.92 Å². The second-order valence-electron chi connectivity index (χ2n) is 3.94. The van der Waals surface area contributed by atoms with Crippen molar-refractivity contribution in [1.29, 1.82) is 0 Å². The van der Waals surface area contributed by atoms with Gasteiger partial charge in [-0.2, -0.15) is 0 Å². The van der Waals surface area contributed by atoms with Gasteiger partial charge < -0.3 is 9.47 Å². The predicted octanol–water partition coefficient (Wildman–Crippen LogP) is 1.51. The molecule has 3 heteroatoms. The minimum Gasteiger partial charge on any atom is -0.466 e. The average molecular weight is 184 g/mol. The monoisotopic (exact) mass is 184 g/mol. The highest BCUT2D eigenvalue weighted by Crippen LogP contribution is 2.54. The van der Waals surface area contributed by atoms with E-state index in [2.05, 4.69) is 0 Å². The highest BCUT2D eigenvalue weighted by Gasteiger charge is 2.57. The van der Waals surface area contributed by atoms with Gasteiger partial charge in [0.25, 0.3) is 0 Å². The van der Waals surface area contributed by atoms with E-state index in [1.54, 1.807) is 0 Å². The molecule has 2 aliphatic rings. The molecule has 0 radical (unpaired) electrons. The summed E-state index contributed by atoms with van der Waals surface area (Å²) in [6.07, 6.45) is 3.89. The summed E-state index contributed by atoms with van der Waals surface area (Å²) in [5.41, 5.74) is -0.107. The minimum absolute atomic E-state index is 0.105. The van der Waals surface area contributed by atoms with E-state index >= 15 is 0 Å². The van der Waals surface area contributed by atoms with Gasteiger partial charge >= 0.3 is 5.97 Å². The van der Waals surface area contributed by atoms with Crippen LogP contribution in [0, 0.1) is 5.92 Å². The molecule has 1 aliphatic carbocycles. The van der Waals surface area contributed by atoms with Gasteiger partial charge in [0.2, 0.25) is 0 Å². The van der Waals surface area contributed by atoms with E-state index in [-0.39, 0.29) is 11.6 Å². The number of ether oxygens (including phenoxy) is 2. The molecule has 2 rings (SSSR count). The highest BCUT2D eigenvalue weighted by atomic mass is 16.5. The van der Waals surface area contributed by atoms with Crippen molar-refractivity contribution >= 4 is 5.97 Å². The van der Waals surface area contributed by atoms with E-state index in [0.717, 1.165) is 19.4 Å². The highest BCUT2D eigenvalue weighted by molar-refractivity contribution is 5.71. The molecule has 0 aromatic heterocycles. The van der Waals surface area contributed by atoms with Crippen LogP contribution in [0.1, 0.15) is 32.6 Å². The lowest BCUT2D eigenvalue weighted by Crippen LogP contribution is -2.26. The zero-order valence-electron chi connectivity index (χ0n) is 8.04. The van der Waals surface area contributed by atoms with Crippen molar-refractivity contribution in [2.45, 2.75) is 38.2 Å². The average Bonchev–Trinajstić information content (AvgIpc) is 2.78. The summed E-state index contributed by atoms with van der Waals surface area (Å²) in [5, 5.41) is 0. The SMILES string of the molecule is CCOC(=O)CC12CC1CCCO2. The summed E-state index contributed by atoms with van der Waals surface area (Å²) in [6.45, 7) is 3.12. The van der Waals surface area contributed by atoms with Gasteiger partial charge in [0.05, 0.1) is 18.6 Å². The van der Waals surface area contributed by atoms with Gasteiger partial charge in [0.15, 0.2) is 0 Å². The van der Waals surface area contributed by atoms with E-state index < -0.39 is 0 Å². The molecule has 74 valence electrons. The quantitative estimate of drug-likeness (QED) is 0.624. The largest absolute Gasteiger partial charge is 0.466 e. The Labute approximate surface area is 78.4 Å². The summed E-state index contributed by atoms with van der Waals surface area (Å²) >= 11 is 0. The van der Waals surface area contributed by atoms with Crippen LogP contribution >= 0.6 is 0 Å². The van der Waals surface area contributed by atoms with E-state index in [0.29, 0.717) is 18.9 Å². The lowest BCUT2D eigenvalue weighted by Gasteiger charge is -2.21. The minimum atomic E-state index is -0.107. The molecule has 0 N–H and O–H groups in total. The fourth-order valence-corrected chi connectivity index (χ4v) is 2.23. The maximum Gasteiger partial charge on any atom is 0.308 e. The molecule has 0 bridgehead atoms. The van der Waals surface area contributed by atoms with E-state index in [9.17, 15) is 4.79 Å². The van der Waals surface area contributed by atoms with Crippen molar-refractivity contribution in [1.82, 2.24) is 0 Å². The third-order valence-corrected chi connectivity index (χ3v) is 3.01. The number of hydrogen-bond acceptors (Lipinski definition) is 3. The van der Waals surface area contributed by atoms with Crippen molar-refractivity contribution in [3.05, 3.63) is 0 Å². The fourth-order valence-electron chi connectivity index (χ4n) is 2.23. The van der Waals surface area contributed by atoms with Crippen molar-refractivity contribution in [2.75, 3.05) is 13.2 Å². The third-order valence-electron chi connectivity index (χ3n) is 3.01. The Bertz CT molecular complexity index is 214. The maximum absolute atomic E-state index is 11.2. The predicted molar refractivity (Wildman–Crippen MR) is 47.3 cm³/mol. The molecule has 0 aromatic carbocycles. The number of fused-ring (bicyclic) bond motifs is 1. The number of carbonyl (C=O) groups is 1. The first-order chi connectivity index (χ1) is 6.27. The molecule has 2 atom stereocenters. The standard InChI is InChI=1S/C10H16O3/c1-2-12-9(11)7-10-6-8(10)4-3-5-13-10/h8H,2-7H2,1H3. The Morgan fingerprint density at radius 3 is 3.23 bits per heavy atom. The molecule has 2 fully saturated rings. The van der Waals surface area contributed by atoms with Crippen LogP contribution in [-0.2, 0) is 14.3 Å². The Morgan fingerprint density at radius 2 is 2.54 bits per heavy atom. The molecule has 1 aliphatic heterocycles. The van der Waals surface area contributed by atoms with Crippen LogP contribution in [0.2, 0.25) is 0 Å². The van der Waals surface area contributed by atoms with Crippen molar-refractivity contribution in [3.8, 4) is 0 Å². The summed E-state index contributed by atoms with van der Waals surface area (Å²) in [4.78, 5) is 11.2. The van der Waals surface area contributed by atoms with Crippen LogP contribution < -0.4 is 0 Å². The van der Waals surface area contributed by atoms with E-state index in [1.807, 2.05) is 6.92 Å². The molecular formula is C10H16O3. The van der Waals surface area contributed by atoms with Gasteiger partial charge in [-0.3, -0.25) is 4.79 Å². The zero-order chi connectivity index (χ0) is 9.31. The maximum atomic E-state index is 11.2. The summed E-state index contributed by atoms with van der Waals surface area (Å²) in [6, 6.07) is 0. The number of hydrogen-bond donors (Lipinski definition) is 0. The zero-order valence-corrected chi connectivity index (χ0v) is 8.04.